The lowest BCUT2D eigenvalue weighted by atomic mass is 10.2. The van der Waals surface area contributed by atoms with Crippen molar-refractivity contribution in [3.63, 3.8) is 0 Å². The van der Waals surface area contributed by atoms with Crippen LogP contribution in [0.3, 0.4) is 0 Å². The SMILES string of the molecule is CNc1ncc(C(=O)Nc2onc(C)c2C)cc1Cl. The predicted octanol–water partition coefficient (Wildman–Crippen LogP) is 2.63. The van der Waals surface area contributed by atoms with E-state index in [9.17, 15) is 4.79 Å². The lowest BCUT2D eigenvalue weighted by molar-refractivity contribution is 0.102. The van der Waals surface area contributed by atoms with Crippen LogP contribution in [0.15, 0.2) is 16.8 Å². The second-order valence-electron chi connectivity index (χ2n) is 3.98. The van der Waals surface area contributed by atoms with Gasteiger partial charge in [0.05, 0.1) is 16.3 Å². The lowest BCUT2D eigenvalue weighted by Crippen LogP contribution is -2.12. The van der Waals surface area contributed by atoms with E-state index in [0.717, 1.165) is 11.3 Å². The van der Waals surface area contributed by atoms with E-state index in [2.05, 4.69) is 20.8 Å². The summed E-state index contributed by atoms with van der Waals surface area (Å²) in [6.07, 6.45) is 1.44. The van der Waals surface area contributed by atoms with Gasteiger partial charge in [-0.2, -0.15) is 0 Å². The van der Waals surface area contributed by atoms with Gasteiger partial charge in [-0.15, -0.1) is 0 Å². The van der Waals surface area contributed by atoms with Crippen molar-refractivity contribution in [2.75, 3.05) is 17.7 Å². The molecular weight excluding hydrogens is 268 g/mol. The van der Waals surface area contributed by atoms with E-state index in [0.29, 0.717) is 22.3 Å². The lowest BCUT2D eigenvalue weighted by Gasteiger charge is -2.05. The summed E-state index contributed by atoms with van der Waals surface area (Å²) in [6.45, 7) is 3.62. The smallest absolute Gasteiger partial charge is 0.259 e. The quantitative estimate of drug-likeness (QED) is 0.903. The fraction of sp³-hybridized carbons (Fsp3) is 0.250. The molecule has 0 aliphatic carbocycles. The standard InChI is InChI=1S/C12H13ClN4O2/c1-6-7(2)17-19-12(6)16-11(18)8-4-9(13)10(14-3)15-5-8/h4-5H,1-3H3,(H,14,15)(H,16,18). The maximum atomic E-state index is 12.0. The molecule has 0 aromatic carbocycles. The Balaban J connectivity index is 2.21. The Bertz CT molecular complexity index is 624. The van der Waals surface area contributed by atoms with Crippen molar-refractivity contribution in [3.05, 3.63) is 34.1 Å². The summed E-state index contributed by atoms with van der Waals surface area (Å²) in [5.74, 6) is 0.498. The van der Waals surface area contributed by atoms with Gasteiger partial charge in [0.25, 0.3) is 5.91 Å². The number of aromatic nitrogens is 2. The highest BCUT2D eigenvalue weighted by molar-refractivity contribution is 6.33. The number of aryl methyl sites for hydroxylation is 1. The number of amides is 1. The normalized spacial score (nSPS) is 10.3. The Labute approximate surface area is 115 Å². The van der Waals surface area contributed by atoms with Crippen LogP contribution in [-0.2, 0) is 0 Å². The van der Waals surface area contributed by atoms with Crippen LogP contribution in [0.1, 0.15) is 21.6 Å². The minimum Gasteiger partial charge on any atom is -0.372 e. The fourth-order valence-electron chi connectivity index (χ4n) is 1.45. The van der Waals surface area contributed by atoms with E-state index >= 15 is 0 Å². The third-order valence-corrected chi connectivity index (χ3v) is 3.01. The molecule has 2 aromatic rings. The minimum absolute atomic E-state index is 0.330. The molecule has 100 valence electrons. The Hall–Kier alpha value is -2.08. The molecule has 0 saturated carbocycles. The molecule has 0 fully saturated rings. The number of halogens is 1. The maximum absolute atomic E-state index is 12.0. The molecule has 0 aliphatic heterocycles. The van der Waals surface area contributed by atoms with Crippen LogP contribution in [0, 0.1) is 13.8 Å². The van der Waals surface area contributed by atoms with Crippen LogP contribution in [0.25, 0.3) is 0 Å². The first-order chi connectivity index (χ1) is 9.02. The summed E-state index contributed by atoms with van der Waals surface area (Å²) in [5.41, 5.74) is 1.87. The molecule has 0 atom stereocenters. The Morgan fingerprint density at radius 2 is 2.16 bits per heavy atom. The topological polar surface area (TPSA) is 80.0 Å². The molecule has 2 heterocycles. The number of hydrogen-bond acceptors (Lipinski definition) is 5. The summed E-state index contributed by atoms with van der Waals surface area (Å²) >= 11 is 5.97. The molecule has 6 nitrogen and oxygen atoms in total. The van der Waals surface area contributed by atoms with Gasteiger partial charge in [0, 0.05) is 18.8 Å². The molecule has 2 rings (SSSR count). The zero-order chi connectivity index (χ0) is 14.0. The summed E-state index contributed by atoms with van der Waals surface area (Å²) in [5, 5.41) is 9.59. The van der Waals surface area contributed by atoms with Crippen molar-refractivity contribution in [2.45, 2.75) is 13.8 Å². The predicted molar refractivity (Wildman–Crippen MR) is 72.7 cm³/mol. The molecule has 7 heteroatoms. The van der Waals surface area contributed by atoms with Crippen LogP contribution in [-0.4, -0.2) is 23.1 Å². The van der Waals surface area contributed by atoms with Crippen LogP contribution >= 0.6 is 11.6 Å². The van der Waals surface area contributed by atoms with Crippen LogP contribution in [0.2, 0.25) is 5.02 Å². The molecule has 0 saturated heterocycles. The first-order valence-electron chi connectivity index (χ1n) is 5.60. The number of hydrogen-bond donors (Lipinski definition) is 2. The molecule has 2 aromatic heterocycles. The summed E-state index contributed by atoms with van der Waals surface area (Å²) in [6, 6.07) is 1.54. The van der Waals surface area contributed by atoms with Crippen LogP contribution in [0.4, 0.5) is 11.7 Å². The second kappa shape index (κ2) is 5.27. The summed E-state index contributed by atoms with van der Waals surface area (Å²) in [4.78, 5) is 16.0. The summed E-state index contributed by atoms with van der Waals surface area (Å²) < 4.78 is 5.01. The Kier molecular flexibility index (Phi) is 3.71. The average Bonchev–Trinajstić information content (AvgIpc) is 2.70. The largest absolute Gasteiger partial charge is 0.372 e. The molecule has 0 radical (unpaired) electrons. The first kappa shape index (κ1) is 13.4. The van der Waals surface area contributed by atoms with Crippen LogP contribution < -0.4 is 10.6 Å². The zero-order valence-electron chi connectivity index (χ0n) is 10.7. The highest BCUT2D eigenvalue weighted by atomic mass is 35.5. The maximum Gasteiger partial charge on any atom is 0.259 e. The molecule has 19 heavy (non-hydrogen) atoms. The van der Waals surface area contributed by atoms with Gasteiger partial charge < -0.3 is 9.84 Å². The number of carbonyl (C=O) groups is 1. The molecule has 2 N–H and O–H groups in total. The third kappa shape index (κ3) is 2.68. The van der Waals surface area contributed by atoms with E-state index in [4.69, 9.17) is 16.1 Å². The number of anilines is 2. The molecule has 0 unspecified atom stereocenters. The van der Waals surface area contributed by atoms with E-state index < -0.39 is 0 Å². The average molecular weight is 281 g/mol. The molecule has 1 amide bonds. The van der Waals surface area contributed by atoms with Gasteiger partial charge in [-0.1, -0.05) is 16.8 Å². The van der Waals surface area contributed by atoms with E-state index in [1.54, 1.807) is 14.0 Å². The van der Waals surface area contributed by atoms with Crippen molar-refractivity contribution in [3.8, 4) is 0 Å². The molecule has 0 spiro atoms. The fourth-order valence-corrected chi connectivity index (χ4v) is 1.71. The van der Waals surface area contributed by atoms with Gasteiger partial charge in [0.1, 0.15) is 5.82 Å². The first-order valence-corrected chi connectivity index (χ1v) is 5.98. The third-order valence-electron chi connectivity index (χ3n) is 2.72. The highest BCUT2D eigenvalue weighted by Gasteiger charge is 2.14. The minimum atomic E-state index is -0.351. The summed E-state index contributed by atoms with van der Waals surface area (Å²) in [7, 11) is 1.70. The molecule has 0 bridgehead atoms. The number of carbonyl (C=O) groups excluding carboxylic acids is 1. The van der Waals surface area contributed by atoms with Gasteiger partial charge in [0.2, 0.25) is 5.88 Å². The van der Waals surface area contributed by atoms with Gasteiger partial charge in [-0.25, -0.2) is 4.98 Å². The van der Waals surface area contributed by atoms with E-state index in [1.165, 1.54) is 12.3 Å². The van der Waals surface area contributed by atoms with Crippen molar-refractivity contribution in [1.29, 1.82) is 0 Å². The van der Waals surface area contributed by atoms with Gasteiger partial charge in [-0.05, 0) is 19.9 Å². The number of pyridine rings is 1. The van der Waals surface area contributed by atoms with Gasteiger partial charge >= 0.3 is 0 Å². The van der Waals surface area contributed by atoms with Crippen molar-refractivity contribution < 1.29 is 9.32 Å². The van der Waals surface area contributed by atoms with E-state index in [1.807, 2.05) is 6.92 Å². The van der Waals surface area contributed by atoms with Crippen molar-refractivity contribution in [1.82, 2.24) is 10.1 Å². The molecule has 0 aliphatic rings. The van der Waals surface area contributed by atoms with Gasteiger partial charge in [0.15, 0.2) is 0 Å². The molecular formula is C12H13ClN4O2. The highest BCUT2D eigenvalue weighted by Crippen LogP contribution is 2.21. The number of rotatable bonds is 3. The van der Waals surface area contributed by atoms with E-state index in [-0.39, 0.29) is 5.91 Å². The number of nitrogens with zero attached hydrogens (tertiary/aromatic N) is 2. The van der Waals surface area contributed by atoms with Gasteiger partial charge in [-0.3, -0.25) is 10.1 Å². The van der Waals surface area contributed by atoms with Crippen molar-refractivity contribution >= 4 is 29.2 Å². The second-order valence-corrected chi connectivity index (χ2v) is 4.39. The van der Waals surface area contributed by atoms with Crippen LogP contribution in [0.5, 0.6) is 0 Å². The Morgan fingerprint density at radius 3 is 2.68 bits per heavy atom. The Morgan fingerprint density at radius 1 is 1.42 bits per heavy atom. The zero-order valence-corrected chi connectivity index (χ0v) is 11.5. The number of nitrogens with one attached hydrogen (secondary N) is 2. The monoisotopic (exact) mass is 280 g/mol. The van der Waals surface area contributed by atoms with Crippen molar-refractivity contribution in [2.24, 2.45) is 0 Å².